The molecule has 1 aromatic carbocycles. The lowest BCUT2D eigenvalue weighted by molar-refractivity contribution is -0.374. The molecule has 0 aliphatic rings. The van der Waals surface area contributed by atoms with Gasteiger partial charge in [-0.3, -0.25) is 10.1 Å². The number of benzene rings is 1. The minimum absolute atomic E-state index is 0.120. The van der Waals surface area contributed by atoms with Gasteiger partial charge in [0.2, 0.25) is 0 Å². The van der Waals surface area contributed by atoms with E-state index >= 15 is 0 Å². The highest BCUT2D eigenvalue weighted by atomic mass is 16.6. The van der Waals surface area contributed by atoms with Crippen LogP contribution in [0.1, 0.15) is 22.5 Å². The molecule has 0 aliphatic carbocycles. The summed E-state index contributed by atoms with van der Waals surface area (Å²) in [6, 6.07) is 10.9. The highest BCUT2D eigenvalue weighted by Crippen LogP contribution is 2.22. The van der Waals surface area contributed by atoms with Crippen molar-refractivity contribution in [3.8, 4) is 0 Å². The molecule has 4 nitrogen and oxygen atoms in total. The van der Waals surface area contributed by atoms with E-state index in [0.717, 1.165) is 17.0 Å². The van der Waals surface area contributed by atoms with Crippen molar-refractivity contribution in [2.24, 2.45) is 7.05 Å². The fourth-order valence-electron chi connectivity index (χ4n) is 2.03. The van der Waals surface area contributed by atoms with Crippen LogP contribution in [0.25, 0.3) is 11.8 Å². The highest BCUT2D eigenvalue weighted by Gasteiger charge is 2.15. The zero-order chi connectivity index (χ0) is 14.0. The van der Waals surface area contributed by atoms with Crippen LogP contribution in [-0.4, -0.2) is 9.49 Å². The number of hydrogen-bond donors (Lipinski definition) is 0. The van der Waals surface area contributed by atoms with Gasteiger partial charge in [-0.15, -0.1) is 0 Å². The largest absolute Gasteiger partial charge is 0.352 e. The molecule has 2 rings (SSSR count). The summed E-state index contributed by atoms with van der Waals surface area (Å²) in [6.07, 6.45) is 1.64. The molecule has 98 valence electrons. The summed E-state index contributed by atoms with van der Waals surface area (Å²) in [5.74, 6) is 0. The highest BCUT2D eigenvalue weighted by molar-refractivity contribution is 5.77. The van der Waals surface area contributed by atoms with Crippen molar-refractivity contribution < 1.29 is 4.92 Å². The maximum Gasteiger partial charge on any atom is 0.277 e. The van der Waals surface area contributed by atoms with Gasteiger partial charge >= 0.3 is 0 Å². The fraction of sp³-hybridized carbons (Fsp3) is 0.200. The molecule has 0 spiro atoms. The van der Waals surface area contributed by atoms with Gasteiger partial charge in [0.1, 0.15) is 0 Å². The van der Waals surface area contributed by atoms with E-state index in [1.807, 2.05) is 37.6 Å². The molecule has 19 heavy (non-hydrogen) atoms. The Morgan fingerprint density at radius 3 is 2.37 bits per heavy atom. The first-order valence-corrected chi connectivity index (χ1v) is 6.05. The molecule has 0 unspecified atom stereocenters. The third-order valence-electron chi connectivity index (χ3n) is 3.37. The van der Waals surface area contributed by atoms with Crippen LogP contribution in [0.2, 0.25) is 0 Å². The Morgan fingerprint density at radius 2 is 1.89 bits per heavy atom. The quantitative estimate of drug-likeness (QED) is 0.624. The summed E-state index contributed by atoms with van der Waals surface area (Å²) >= 11 is 0. The van der Waals surface area contributed by atoms with Crippen molar-refractivity contribution in [2.45, 2.75) is 13.8 Å². The van der Waals surface area contributed by atoms with Crippen molar-refractivity contribution in [3.05, 3.63) is 69.0 Å². The van der Waals surface area contributed by atoms with E-state index in [9.17, 15) is 10.1 Å². The second-order valence-electron chi connectivity index (χ2n) is 4.54. The molecule has 0 saturated carbocycles. The Hall–Kier alpha value is -2.36. The Labute approximate surface area is 112 Å². The standard InChI is InChI=1S/C15H16N2O2/c1-11-9-14(12(2)16(11)3)10-15(17(18)19)13-7-5-4-6-8-13/h4-10H,1-3H3. The van der Waals surface area contributed by atoms with Crippen molar-refractivity contribution >= 4 is 11.8 Å². The number of rotatable bonds is 3. The van der Waals surface area contributed by atoms with Gasteiger partial charge in [-0.05, 0) is 32.0 Å². The summed E-state index contributed by atoms with van der Waals surface area (Å²) in [4.78, 5) is 10.9. The summed E-state index contributed by atoms with van der Waals surface area (Å²) in [6.45, 7) is 3.94. The smallest absolute Gasteiger partial charge is 0.277 e. The molecule has 0 bridgehead atoms. The van der Waals surface area contributed by atoms with E-state index in [4.69, 9.17) is 0 Å². The van der Waals surface area contributed by atoms with Gasteiger partial charge in [-0.1, -0.05) is 18.2 Å². The number of aryl methyl sites for hydroxylation is 1. The summed E-state index contributed by atoms with van der Waals surface area (Å²) < 4.78 is 2.02. The van der Waals surface area contributed by atoms with Gasteiger partial charge < -0.3 is 4.57 Å². The number of nitro groups is 1. The lowest BCUT2D eigenvalue weighted by atomic mass is 10.1. The Balaban J connectivity index is 2.54. The predicted molar refractivity (Wildman–Crippen MR) is 76.2 cm³/mol. The lowest BCUT2D eigenvalue weighted by Gasteiger charge is -2.00. The van der Waals surface area contributed by atoms with E-state index in [2.05, 4.69) is 0 Å². The first kappa shape index (κ1) is 13.1. The average molecular weight is 256 g/mol. The van der Waals surface area contributed by atoms with E-state index in [-0.39, 0.29) is 10.6 Å². The minimum atomic E-state index is -0.336. The van der Waals surface area contributed by atoms with E-state index < -0.39 is 0 Å². The molecule has 0 atom stereocenters. The molecular weight excluding hydrogens is 240 g/mol. The molecule has 4 heteroatoms. The monoisotopic (exact) mass is 256 g/mol. The van der Waals surface area contributed by atoms with Crippen LogP contribution in [0.3, 0.4) is 0 Å². The van der Waals surface area contributed by atoms with Crippen LogP contribution >= 0.6 is 0 Å². The molecule has 1 heterocycles. The third kappa shape index (κ3) is 2.57. The van der Waals surface area contributed by atoms with E-state index in [1.54, 1.807) is 30.3 Å². The van der Waals surface area contributed by atoms with Crippen molar-refractivity contribution in [3.63, 3.8) is 0 Å². The predicted octanol–water partition coefficient (Wildman–Crippen LogP) is 3.42. The summed E-state index contributed by atoms with van der Waals surface area (Å²) in [5, 5.41) is 11.2. The van der Waals surface area contributed by atoms with Gasteiger partial charge in [-0.25, -0.2) is 0 Å². The average Bonchev–Trinajstić information content (AvgIpc) is 2.64. The number of aromatic nitrogens is 1. The maximum atomic E-state index is 11.2. The van der Waals surface area contributed by atoms with Gasteiger partial charge in [-0.2, -0.15) is 0 Å². The molecule has 0 aliphatic heterocycles. The summed E-state index contributed by atoms with van der Waals surface area (Å²) in [5.41, 5.74) is 3.73. The Kier molecular flexibility index (Phi) is 3.51. The third-order valence-corrected chi connectivity index (χ3v) is 3.37. The molecule has 0 N–H and O–H groups in total. The van der Waals surface area contributed by atoms with Crippen molar-refractivity contribution in [1.82, 2.24) is 4.57 Å². The van der Waals surface area contributed by atoms with Crippen LogP contribution in [0.5, 0.6) is 0 Å². The first-order chi connectivity index (χ1) is 9.00. The summed E-state index contributed by atoms with van der Waals surface area (Å²) in [7, 11) is 1.95. The molecule has 0 fully saturated rings. The molecular formula is C15H16N2O2. The van der Waals surface area contributed by atoms with Crippen molar-refractivity contribution in [2.75, 3.05) is 0 Å². The van der Waals surface area contributed by atoms with Crippen LogP contribution in [0.15, 0.2) is 36.4 Å². The second-order valence-corrected chi connectivity index (χ2v) is 4.54. The number of hydrogen-bond acceptors (Lipinski definition) is 2. The normalized spacial score (nSPS) is 11.6. The maximum absolute atomic E-state index is 11.2. The van der Waals surface area contributed by atoms with Crippen molar-refractivity contribution in [1.29, 1.82) is 0 Å². The zero-order valence-corrected chi connectivity index (χ0v) is 11.3. The first-order valence-electron chi connectivity index (χ1n) is 6.05. The molecule has 0 amide bonds. The van der Waals surface area contributed by atoms with Gasteiger partial charge in [0.05, 0.1) is 10.5 Å². The van der Waals surface area contributed by atoms with Crippen LogP contribution < -0.4 is 0 Å². The fourth-order valence-corrected chi connectivity index (χ4v) is 2.03. The zero-order valence-electron chi connectivity index (χ0n) is 11.3. The SMILES string of the molecule is Cc1cc(C=C(c2ccccc2)[N+](=O)[O-])c(C)n1C. The molecule has 0 radical (unpaired) electrons. The minimum Gasteiger partial charge on any atom is -0.352 e. The van der Waals surface area contributed by atoms with Gasteiger partial charge in [0, 0.05) is 30.1 Å². The van der Waals surface area contributed by atoms with Crippen LogP contribution in [0.4, 0.5) is 0 Å². The van der Waals surface area contributed by atoms with Gasteiger partial charge in [0.25, 0.3) is 5.70 Å². The topological polar surface area (TPSA) is 48.1 Å². The molecule has 0 saturated heterocycles. The second kappa shape index (κ2) is 5.10. The molecule has 1 aromatic heterocycles. The van der Waals surface area contributed by atoms with Crippen LogP contribution in [-0.2, 0) is 7.05 Å². The van der Waals surface area contributed by atoms with E-state index in [1.165, 1.54) is 0 Å². The van der Waals surface area contributed by atoms with Gasteiger partial charge in [0.15, 0.2) is 0 Å². The van der Waals surface area contributed by atoms with E-state index in [0.29, 0.717) is 5.56 Å². The Bertz CT molecular complexity index is 640. The lowest BCUT2D eigenvalue weighted by Crippen LogP contribution is -1.98. The Morgan fingerprint density at radius 1 is 1.26 bits per heavy atom. The van der Waals surface area contributed by atoms with Crippen LogP contribution in [0, 0.1) is 24.0 Å². The number of nitrogens with zero attached hydrogens (tertiary/aromatic N) is 2. The molecule has 2 aromatic rings.